The molecule has 1 aliphatic heterocycles. The van der Waals surface area contributed by atoms with Gasteiger partial charge in [0, 0.05) is 33.6 Å². The van der Waals surface area contributed by atoms with Crippen LogP contribution in [-0.4, -0.2) is 24.0 Å². The largest absolute Gasteiger partial charge is 0.496 e. The lowest BCUT2D eigenvalue weighted by atomic mass is 9.94. The molecule has 0 fully saturated rings. The number of hydrogen-bond donors (Lipinski definition) is 3. The van der Waals surface area contributed by atoms with E-state index in [0.29, 0.717) is 28.3 Å². The lowest BCUT2D eigenvalue weighted by Gasteiger charge is -2.29. The maximum Gasteiger partial charge on any atom is 0.319 e. The van der Waals surface area contributed by atoms with Gasteiger partial charge in [0.25, 0.3) is 11.6 Å². The fraction of sp³-hybridized carbons (Fsp3) is 0.158. The first-order chi connectivity index (χ1) is 13.8. The Hall–Kier alpha value is -3.40. The van der Waals surface area contributed by atoms with Gasteiger partial charge in [-0.15, -0.1) is 0 Å². The number of hydrogen-bond acceptors (Lipinski definition) is 5. The molecule has 0 aromatic heterocycles. The van der Waals surface area contributed by atoms with Crippen LogP contribution >= 0.6 is 15.9 Å². The van der Waals surface area contributed by atoms with Crippen molar-refractivity contribution in [3.63, 3.8) is 0 Å². The number of nitro groups is 1. The van der Waals surface area contributed by atoms with Crippen LogP contribution in [0.5, 0.6) is 5.75 Å². The molecule has 1 heterocycles. The number of rotatable bonds is 5. The van der Waals surface area contributed by atoms with E-state index in [1.807, 2.05) is 0 Å². The van der Waals surface area contributed by atoms with E-state index in [4.69, 9.17) is 4.74 Å². The fourth-order valence-electron chi connectivity index (χ4n) is 3.02. The lowest BCUT2D eigenvalue weighted by Crippen LogP contribution is -2.46. The smallest absolute Gasteiger partial charge is 0.319 e. The molecule has 0 saturated heterocycles. The van der Waals surface area contributed by atoms with E-state index in [1.165, 1.54) is 31.4 Å². The molecule has 150 valence electrons. The van der Waals surface area contributed by atoms with Crippen molar-refractivity contribution < 1.29 is 19.2 Å². The number of benzene rings is 2. The molecule has 3 rings (SSSR count). The van der Waals surface area contributed by atoms with Crippen molar-refractivity contribution in [2.24, 2.45) is 0 Å². The third-order valence-corrected chi connectivity index (χ3v) is 4.85. The normalized spacial score (nSPS) is 16.0. The second-order valence-electron chi connectivity index (χ2n) is 6.21. The van der Waals surface area contributed by atoms with Gasteiger partial charge in [0.05, 0.1) is 23.6 Å². The van der Waals surface area contributed by atoms with Crippen LogP contribution in [0.25, 0.3) is 0 Å². The monoisotopic (exact) mass is 460 g/mol. The SMILES string of the molecule is COc1ccc(Br)cc1[C@@H]1NC(=O)NC(C)=C1C(=O)Nc1ccc([N+](=O)[O-])cc1. The standard InChI is InChI=1S/C19H17BrN4O5/c1-10-16(18(25)22-12-4-6-13(7-5-12)24(27)28)17(23-19(26)21-10)14-9-11(20)3-8-15(14)29-2/h3-9,17H,1-2H3,(H,22,25)(H2,21,23,26)/t17-/m0/s1. The molecule has 0 unspecified atom stereocenters. The number of carbonyl (C=O) groups is 2. The Morgan fingerprint density at radius 3 is 2.55 bits per heavy atom. The van der Waals surface area contributed by atoms with Crippen molar-refractivity contribution in [1.82, 2.24) is 10.6 Å². The molecule has 2 aromatic carbocycles. The summed E-state index contributed by atoms with van der Waals surface area (Å²) in [6.45, 7) is 1.63. The first kappa shape index (κ1) is 20.3. The van der Waals surface area contributed by atoms with Gasteiger partial charge in [-0.1, -0.05) is 15.9 Å². The van der Waals surface area contributed by atoms with Gasteiger partial charge in [-0.05, 0) is 37.3 Å². The minimum Gasteiger partial charge on any atom is -0.496 e. The Morgan fingerprint density at radius 1 is 1.24 bits per heavy atom. The summed E-state index contributed by atoms with van der Waals surface area (Å²) in [6, 6.07) is 9.56. The molecule has 0 saturated carbocycles. The number of methoxy groups -OCH3 is 1. The van der Waals surface area contributed by atoms with Crippen molar-refractivity contribution in [2.45, 2.75) is 13.0 Å². The van der Waals surface area contributed by atoms with E-state index in [-0.39, 0.29) is 5.69 Å². The van der Waals surface area contributed by atoms with Gasteiger partial charge in [-0.2, -0.15) is 0 Å². The molecule has 29 heavy (non-hydrogen) atoms. The summed E-state index contributed by atoms with van der Waals surface area (Å²) >= 11 is 3.40. The number of halogens is 1. The number of amides is 3. The molecule has 10 heteroatoms. The first-order valence-electron chi connectivity index (χ1n) is 8.47. The van der Waals surface area contributed by atoms with Crippen LogP contribution < -0.4 is 20.7 Å². The molecular weight excluding hydrogens is 444 g/mol. The number of nitrogens with zero attached hydrogens (tertiary/aromatic N) is 1. The second kappa shape index (κ2) is 8.31. The molecular formula is C19H17BrN4O5. The van der Waals surface area contributed by atoms with E-state index in [2.05, 4.69) is 31.9 Å². The number of allylic oxidation sites excluding steroid dienone is 1. The van der Waals surface area contributed by atoms with Gasteiger partial charge in [-0.3, -0.25) is 14.9 Å². The Morgan fingerprint density at radius 2 is 1.93 bits per heavy atom. The number of ether oxygens (including phenoxy) is 1. The molecule has 3 N–H and O–H groups in total. The summed E-state index contributed by atoms with van der Waals surface area (Å²) in [5, 5.41) is 18.8. The molecule has 0 aliphatic carbocycles. The zero-order valence-corrected chi connectivity index (χ0v) is 17.1. The van der Waals surface area contributed by atoms with Crippen LogP contribution in [0.3, 0.4) is 0 Å². The predicted molar refractivity (Wildman–Crippen MR) is 110 cm³/mol. The Labute approximate surface area is 174 Å². The topological polar surface area (TPSA) is 123 Å². The number of nitrogens with one attached hydrogen (secondary N) is 3. The van der Waals surface area contributed by atoms with Crippen molar-refractivity contribution in [3.8, 4) is 5.75 Å². The summed E-state index contributed by atoms with van der Waals surface area (Å²) in [5.74, 6) is 0.0460. The van der Waals surface area contributed by atoms with Gasteiger partial charge in [0.2, 0.25) is 0 Å². The average Bonchev–Trinajstić information content (AvgIpc) is 2.67. The second-order valence-corrected chi connectivity index (χ2v) is 7.13. The van der Waals surface area contributed by atoms with Gasteiger partial charge < -0.3 is 20.7 Å². The van der Waals surface area contributed by atoms with Gasteiger partial charge >= 0.3 is 6.03 Å². The highest BCUT2D eigenvalue weighted by molar-refractivity contribution is 9.10. The van der Waals surface area contributed by atoms with E-state index in [9.17, 15) is 19.7 Å². The summed E-state index contributed by atoms with van der Waals surface area (Å²) in [4.78, 5) is 35.4. The van der Waals surface area contributed by atoms with E-state index >= 15 is 0 Å². The van der Waals surface area contributed by atoms with Crippen LogP contribution in [-0.2, 0) is 4.79 Å². The highest BCUT2D eigenvalue weighted by atomic mass is 79.9. The molecule has 9 nitrogen and oxygen atoms in total. The maximum absolute atomic E-state index is 13.0. The summed E-state index contributed by atoms with van der Waals surface area (Å²) < 4.78 is 6.15. The van der Waals surface area contributed by atoms with Crippen molar-refractivity contribution >= 4 is 39.2 Å². The molecule has 2 aromatic rings. The Kier molecular flexibility index (Phi) is 5.83. The number of anilines is 1. The zero-order valence-electron chi connectivity index (χ0n) is 15.5. The summed E-state index contributed by atoms with van der Waals surface area (Å²) in [7, 11) is 1.50. The van der Waals surface area contributed by atoms with Crippen LogP contribution in [0, 0.1) is 10.1 Å². The molecule has 1 atom stereocenters. The highest BCUT2D eigenvalue weighted by Gasteiger charge is 2.33. The summed E-state index contributed by atoms with van der Waals surface area (Å²) in [6.07, 6.45) is 0. The predicted octanol–water partition coefficient (Wildman–Crippen LogP) is 3.63. The number of carbonyl (C=O) groups excluding carboxylic acids is 2. The van der Waals surface area contributed by atoms with Gasteiger partial charge in [0.15, 0.2) is 0 Å². The van der Waals surface area contributed by atoms with Crippen LogP contribution in [0.4, 0.5) is 16.2 Å². The van der Waals surface area contributed by atoms with Gasteiger partial charge in [-0.25, -0.2) is 4.79 Å². The lowest BCUT2D eigenvalue weighted by molar-refractivity contribution is -0.384. The number of non-ortho nitro benzene ring substituents is 1. The van der Waals surface area contributed by atoms with Crippen molar-refractivity contribution in [1.29, 1.82) is 0 Å². The fourth-order valence-corrected chi connectivity index (χ4v) is 3.40. The molecule has 0 spiro atoms. The average molecular weight is 461 g/mol. The number of urea groups is 1. The Bertz CT molecular complexity index is 1020. The van der Waals surface area contributed by atoms with E-state index < -0.39 is 22.9 Å². The molecule has 1 aliphatic rings. The zero-order chi connectivity index (χ0) is 21.1. The van der Waals surface area contributed by atoms with Crippen LogP contribution in [0.15, 0.2) is 58.2 Å². The van der Waals surface area contributed by atoms with Gasteiger partial charge in [0.1, 0.15) is 5.75 Å². The molecule has 3 amide bonds. The van der Waals surface area contributed by atoms with E-state index in [1.54, 1.807) is 25.1 Å². The third-order valence-electron chi connectivity index (χ3n) is 4.35. The van der Waals surface area contributed by atoms with Crippen LogP contribution in [0.2, 0.25) is 0 Å². The maximum atomic E-state index is 13.0. The van der Waals surface area contributed by atoms with Crippen molar-refractivity contribution in [2.75, 3.05) is 12.4 Å². The first-order valence-corrected chi connectivity index (χ1v) is 9.27. The van der Waals surface area contributed by atoms with E-state index in [0.717, 1.165) is 4.47 Å². The molecule has 0 radical (unpaired) electrons. The Balaban J connectivity index is 1.96. The summed E-state index contributed by atoms with van der Waals surface area (Å²) in [5.41, 5.74) is 1.59. The quantitative estimate of drug-likeness (QED) is 0.464. The third kappa shape index (κ3) is 4.37. The van der Waals surface area contributed by atoms with Crippen molar-refractivity contribution in [3.05, 3.63) is 73.9 Å². The minimum atomic E-state index is -0.755. The highest BCUT2D eigenvalue weighted by Crippen LogP contribution is 2.35. The van der Waals surface area contributed by atoms with Crippen LogP contribution in [0.1, 0.15) is 18.5 Å². The number of nitro benzene ring substituents is 1. The molecule has 0 bridgehead atoms. The minimum absolute atomic E-state index is 0.0817.